The van der Waals surface area contributed by atoms with Crippen LogP contribution in [-0.4, -0.2) is 27.8 Å². The number of hydrogen-bond donors (Lipinski definition) is 2. The third kappa shape index (κ3) is 4.11. The average molecular weight is 266 g/mol. The first-order valence-electron chi connectivity index (χ1n) is 6.56. The van der Waals surface area contributed by atoms with Gasteiger partial charge in [0.2, 0.25) is 0 Å². The molecule has 0 aliphatic carbocycles. The number of hydrogen-bond acceptors (Lipinski definition) is 4. The van der Waals surface area contributed by atoms with Crippen molar-refractivity contribution >= 4 is 0 Å². The van der Waals surface area contributed by atoms with Crippen molar-refractivity contribution in [1.82, 2.24) is 5.32 Å². The fourth-order valence-corrected chi connectivity index (χ4v) is 2.09. The highest BCUT2D eigenvalue weighted by atomic mass is 16.5. The summed E-state index contributed by atoms with van der Waals surface area (Å²) in [6.45, 7) is 5.02. The van der Waals surface area contributed by atoms with Crippen LogP contribution in [0.3, 0.4) is 0 Å². The molecule has 0 amide bonds. The quantitative estimate of drug-likeness (QED) is 0.795. The van der Waals surface area contributed by atoms with Gasteiger partial charge in [0, 0.05) is 6.04 Å². The molecule has 1 rings (SSSR count). The molecule has 0 aromatic heterocycles. The van der Waals surface area contributed by atoms with Gasteiger partial charge in [0.15, 0.2) is 11.5 Å². The highest BCUT2D eigenvalue weighted by Gasteiger charge is 2.22. The van der Waals surface area contributed by atoms with E-state index in [-0.39, 0.29) is 11.5 Å². The van der Waals surface area contributed by atoms with Gasteiger partial charge in [-0.3, -0.25) is 0 Å². The van der Waals surface area contributed by atoms with E-state index < -0.39 is 0 Å². The Bertz CT molecular complexity index is 405. The van der Waals surface area contributed by atoms with Crippen molar-refractivity contribution < 1.29 is 9.47 Å². The number of rotatable bonds is 7. The number of methoxy groups -OCH3 is 2. The zero-order valence-corrected chi connectivity index (χ0v) is 12.6. The first-order valence-corrected chi connectivity index (χ1v) is 6.56. The zero-order chi connectivity index (χ0) is 14.5. The number of benzene rings is 1. The molecule has 0 fully saturated rings. The summed E-state index contributed by atoms with van der Waals surface area (Å²) < 4.78 is 10.6. The van der Waals surface area contributed by atoms with Gasteiger partial charge in [-0.25, -0.2) is 0 Å². The van der Waals surface area contributed by atoms with E-state index in [2.05, 4.69) is 25.2 Å². The van der Waals surface area contributed by atoms with Gasteiger partial charge in [-0.2, -0.15) is 0 Å². The minimum Gasteiger partial charge on any atom is -0.493 e. The van der Waals surface area contributed by atoms with Gasteiger partial charge in [-0.1, -0.05) is 19.9 Å². The van der Waals surface area contributed by atoms with Gasteiger partial charge in [-0.05, 0) is 43.1 Å². The lowest BCUT2D eigenvalue weighted by atomic mass is 9.83. The number of nitrogens with one attached hydrogen (secondary N) is 1. The predicted octanol–water partition coefficient (Wildman–Crippen LogP) is 2.34. The van der Waals surface area contributed by atoms with Crippen LogP contribution in [0.15, 0.2) is 18.2 Å². The van der Waals surface area contributed by atoms with Gasteiger partial charge < -0.3 is 20.5 Å². The maximum atomic E-state index is 5.82. The number of nitrogens with two attached hydrogens (primary N) is 1. The van der Waals surface area contributed by atoms with Crippen molar-refractivity contribution in [2.24, 2.45) is 11.1 Å². The molecular weight excluding hydrogens is 240 g/mol. The molecule has 0 saturated heterocycles. The summed E-state index contributed by atoms with van der Waals surface area (Å²) in [6, 6.07) is 6.27. The Morgan fingerprint density at radius 2 is 1.84 bits per heavy atom. The normalized spacial score (nSPS) is 13.2. The fraction of sp³-hybridized carbons (Fsp3) is 0.600. The molecule has 108 valence electrons. The standard InChI is InChI=1S/C15H26N2O2/c1-15(2,10-16)9-12(17-3)11-6-7-13(18-4)14(8-11)19-5/h6-8,12,17H,9-10,16H2,1-5H3. The van der Waals surface area contributed by atoms with Crippen LogP contribution in [0.2, 0.25) is 0 Å². The van der Waals surface area contributed by atoms with Crippen molar-refractivity contribution in [3.8, 4) is 11.5 Å². The van der Waals surface area contributed by atoms with Crippen molar-refractivity contribution in [2.45, 2.75) is 26.3 Å². The predicted molar refractivity (Wildman–Crippen MR) is 78.8 cm³/mol. The van der Waals surface area contributed by atoms with Crippen LogP contribution in [0, 0.1) is 5.41 Å². The van der Waals surface area contributed by atoms with Crippen LogP contribution in [0.4, 0.5) is 0 Å². The Hall–Kier alpha value is -1.26. The lowest BCUT2D eigenvalue weighted by Crippen LogP contribution is -2.30. The maximum absolute atomic E-state index is 5.82. The molecule has 1 aromatic carbocycles. The van der Waals surface area contributed by atoms with E-state index in [1.165, 1.54) is 5.56 Å². The topological polar surface area (TPSA) is 56.5 Å². The van der Waals surface area contributed by atoms with Crippen molar-refractivity contribution in [3.05, 3.63) is 23.8 Å². The minimum absolute atomic E-state index is 0.0981. The molecule has 0 heterocycles. The van der Waals surface area contributed by atoms with Crippen LogP contribution < -0.4 is 20.5 Å². The molecule has 4 heteroatoms. The second-order valence-corrected chi connectivity index (χ2v) is 5.53. The SMILES string of the molecule is CNC(CC(C)(C)CN)c1ccc(OC)c(OC)c1. The summed E-state index contributed by atoms with van der Waals surface area (Å²) in [5.41, 5.74) is 7.10. The van der Waals surface area contributed by atoms with Crippen molar-refractivity contribution in [2.75, 3.05) is 27.8 Å². The largest absolute Gasteiger partial charge is 0.493 e. The lowest BCUT2D eigenvalue weighted by molar-refractivity contribution is 0.297. The third-order valence-corrected chi connectivity index (χ3v) is 3.47. The lowest BCUT2D eigenvalue weighted by Gasteiger charge is -2.29. The first kappa shape index (κ1) is 15.8. The highest BCUT2D eigenvalue weighted by Crippen LogP contribution is 2.34. The van der Waals surface area contributed by atoms with Crippen LogP contribution >= 0.6 is 0 Å². The molecule has 1 unspecified atom stereocenters. The Labute approximate surface area is 116 Å². The molecule has 1 aromatic rings. The average Bonchev–Trinajstić information content (AvgIpc) is 2.44. The zero-order valence-electron chi connectivity index (χ0n) is 12.6. The summed E-state index contributed by atoms with van der Waals surface area (Å²) in [7, 11) is 5.26. The Morgan fingerprint density at radius 3 is 2.32 bits per heavy atom. The van der Waals surface area contributed by atoms with E-state index in [4.69, 9.17) is 15.2 Å². The van der Waals surface area contributed by atoms with E-state index in [0.717, 1.165) is 17.9 Å². The molecule has 0 aliphatic heterocycles. The van der Waals surface area contributed by atoms with Crippen LogP contribution in [-0.2, 0) is 0 Å². The summed E-state index contributed by atoms with van der Waals surface area (Å²) in [4.78, 5) is 0. The summed E-state index contributed by atoms with van der Waals surface area (Å²) in [5.74, 6) is 1.50. The summed E-state index contributed by atoms with van der Waals surface area (Å²) in [6.07, 6.45) is 0.968. The molecule has 3 N–H and O–H groups in total. The third-order valence-electron chi connectivity index (χ3n) is 3.47. The van der Waals surface area contributed by atoms with E-state index in [9.17, 15) is 0 Å². The van der Waals surface area contributed by atoms with E-state index in [1.54, 1.807) is 14.2 Å². The monoisotopic (exact) mass is 266 g/mol. The van der Waals surface area contributed by atoms with Gasteiger partial charge in [0.05, 0.1) is 14.2 Å². The molecule has 0 radical (unpaired) electrons. The molecule has 19 heavy (non-hydrogen) atoms. The first-order chi connectivity index (χ1) is 8.97. The molecule has 0 saturated carbocycles. The molecule has 0 aliphatic rings. The highest BCUT2D eigenvalue weighted by molar-refractivity contribution is 5.43. The van der Waals surface area contributed by atoms with E-state index in [0.29, 0.717) is 6.54 Å². The minimum atomic E-state index is 0.0981. The van der Waals surface area contributed by atoms with Crippen molar-refractivity contribution in [3.63, 3.8) is 0 Å². The Kier molecular flexibility index (Phi) is 5.63. The summed E-state index contributed by atoms with van der Waals surface area (Å²) in [5, 5.41) is 3.35. The molecule has 1 atom stereocenters. The van der Waals surface area contributed by atoms with Gasteiger partial charge >= 0.3 is 0 Å². The molecule has 0 bridgehead atoms. The van der Waals surface area contributed by atoms with Crippen LogP contribution in [0.5, 0.6) is 11.5 Å². The smallest absolute Gasteiger partial charge is 0.161 e. The Morgan fingerprint density at radius 1 is 1.21 bits per heavy atom. The fourth-order valence-electron chi connectivity index (χ4n) is 2.09. The molecule has 4 nitrogen and oxygen atoms in total. The Balaban J connectivity index is 2.99. The van der Waals surface area contributed by atoms with Gasteiger partial charge in [-0.15, -0.1) is 0 Å². The maximum Gasteiger partial charge on any atom is 0.161 e. The van der Waals surface area contributed by atoms with Gasteiger partial charge in [0.1, 0.15) is 0 Å². The molecule has 0 spiro atoms. The van der Waals surface area contributed by atoms with Crippen LogP contribution in [0.25, 0.3) is 0 Å². The summed E-state index contributed by atoms with van der Waals surface area (Å²) >= 11 is 0. The van der Waals surface area contributed by atoms with Crippen molar-refractivity contribution in [1.29, 1.82) is 0 Å². The second kappa shape index (κ2) is 6.78. The van der Waals surface area contributed by atoms with Crippen LogP contribution in [0.1, 0.15) is 31.9 Å². The number of ether oxygens (including phenoxy) is 2. The van der Waals surface area contributed by atoms with E-state index >= 15 is 0 Å². The molecular formula is C15H26N2O2. The van der Waals surface area contributed by atoms with Gasteiger partial charge in [0.25, 0.3) is 0 Å². The second-order valence-electron chi connectivity index (χ2n) is 5.53. The van der Waals surface area contributed by atoms with E-state index in [1.807, 2.05) is 19.2 Å².